The standard InChI is InChI=1S/C43H37N.C36H29N3/c1-43(2,3)32-19-15-27(16-20-32)28-17-21-40-30(23-28)25-33-26-31-24-29(18-22-41(31)44(33)40)34-13-8-14-39-37-10-5-4-9-35(37)36-11-6-7-12-38(36)42(34)39;1-2-24-5-3-4-6-32(24)33-21-28(11-14-34(33)38)27-13-16-36-30(18-27)20-31-19-29-17-26(12-15-35(29)39(31)36)25-9-7-23(22-37)8-10-25/h5-8,10-24,33H,4,9,25-26H2,1-3H3;3-18,21,31H,2,19-20,38H2,1H3. The summed E-state index contributed by atoms with van der Waals surface area (Å²) in [5.41, 5.74) is 37.3. The summed E-state index contributed by atoms with van der Waals surface area (Å²) in [5.74, 6) is 0. The van der Waals surface area contributed by atoms with E-state index in [1.165, 1.54) is 133 Å². The van der Waals surface area contributed by atoms with Crippen molar-refractivity contribution in [2.75, 3.05) is 15.5 Å². The molecular formula is C79H66N4. The minimum absolute atomic E-state index is 0.173. The lowest BCUT2D eigenvalue weighted by Crippen LogP contribution is -2.22. The van der Waals surface area contributed by atoms with E-state index in [9.17, 15) is 0 Å². The molecule has 2 atom stereocenters. The Hall–Kier alpha value is -9.43. The van der Waals surface area contributed by atoms with Crippen LogP contribution in [0.2, 0.25) is 0 Å². The Labute approximate surface area is 488 Å². The van der Waals surface area contributed by atoms with Crippen LogP contribution in [0, 0.1) is 11.3 Å². The van der Waals surface area contributed by atoms with Crippen molar-refractivity contribution in [3.8, 4) is 61.7 Å². The molecule has 83 heavy (non-hydrogen) atoms. The number of anilines is 5. The van der Waals surface area contributed by atoms with E-state index < -0.39 is 0 Å². The number of aryl methyl sites for hydroxylation is 2. The lowest BCUT2D eigenvalue weighted by molar-refractivity contribution is 0.590. The average Bonchev–Trinajstić information content (AvgIpc) is 4.24. The molecule has 11 aromatic rings. The highest BCUT2D eigenvalue weighted by Gasteiger charge is 2.39. The Morgan fingerprint density at radius 3 is 1.55 bits per heavy atom. The molecule has 0 aromatic heterocycles. The van der Waals surface area contributed by atoms with Crippen LogP contribution in [0.1, 0.15) is 84.2 Å². The molecule has 2 unspecified atom stereocenters. The molecule has 2 N–H and O–H groups in total. The van der Waals surface area contributed by atoms with Crippen LogP contribution < -0.4 is 15.5 Å². The van der Waals surface area contributed by atoms with Crippen molar-refractivity contribution in [3.05, 3.63) is 262 Å². The van der Waals surface area contributed by atoms with Crippen LogP contribution in [-0.2, 0) is 43.9 Å². The van der Waals surface area contributed by atoms with E-state index in [0.29, 0.717) is 17.6 Å². The number of hydrogen-bond acceptors (Lipinski definition) is 4. The van der Waals surface area contributed by atoms with Crippen LogP contribution >= 0.6 is 0 Å². The molecule has 4 aliphatic heterocycles. The van der Waals surface area contributed by atoms with E-state index in [1.54, 1.807) is 0 Å². The van der Waals surface area contributed by atoms with Gasteiger partial charge < -0.3 is 15.5 Å². The molecule has 0 spiro atoms. The molecule has 402 valence electrons. The third-order valence-corrected chi connectivity index (χ3v) is 18.8. The molecule has 0 fully saturated rings. The maximum absolute atomic E-state index is 9.11. The van der Waals surface area contributed by atoms with Crippen molar-refractivity contribution in [1.29, 1.82) is 5.26 Å². The first-order chi connectivity index (χ1) is 40.6. The first-order valence-electron chi connectivity index (χ1n) is 29.9. The topological polar surface area (TPSA) is 56.3 Å². The minimum atomic E-state index is 0.173. The second-order valence-electron chi connectivity index (χ2n) is 24.7. The van der Waals surface area contributed by atoms with Crippen LogP contribution in [0.15, 0.2) is 212 Å². The van der Waals surface area contributed by atoms with Crippen LogP contribution in [0.5, 0.6) is 0 Å². The molecule has 1 aliphatic carbocycles. The van der Waals surface area contributed by atoms with Gasteiger partial charge in [0.15, 0.2) is 0 Å². The number of nitrogens with zero attached hydrogens (tertiary/aromatic N) is 3. The van der Waals surface area contributed by atoms with Crippen molar-refractivity contribution < 1.29 is 0 Å². The zero-order valence-electron chi connectivity index (χ0n) is 47.8. The van der Waals surface area contributed by atoms with Gasteiger partial charge in [0.2, 0.25) is 0 Å². The van der Waals surface area contributed by atoms with Gasteiger partial charge in [-0.25, -0.2) is 0 Å². The van der Waals surface area contributed by atoms with E-state index >= 15 is 0 Å². The second kappa shape index (κ2) is 19.9. The van der Waals surface area contributed by atoms with E-state index in [-0.39, 0.29) is 5.41 Å². The normalized spacial score (nSPS) is 15.9. The molecule has 4 heterocycles. The first-order valence-corrected chi connectivity index (χ1v) is 29.9. The number of fused-ring (bicyclic) bond motifs is 16. The molecule has 0 bridgehead atoms. The summed E-state index contributed by atoms with van der Waals surface area (Å²) in [5, 5.41) is 14.7. The van der Waals surface area contributed by atoms with Gasteiger partial charge in [-0.05, 0) is 239 Å². The van der Waals surface area contributed by atoms with Gasteiger partial charge in [-0.2, -0.15) is 5.26 Å². The van der Waals surface area contributed by atoms with Crippen molar-refractivity contribution >= 4 is 56.1 Å². The zero-order chi connectivity index (χ0) is 56.1. The van der Waals surface area contributed by atoms with Crippen LogP contribution in [0.4, 0.5) is 28.4 Å². The SMILES string of the molecule is CC(C)(C)c1ccc(-c2ccc3c(c2)CC2Cc4cc(-c5cccc6c7c(c8ccccc8c56)CCC=C7)ccc4N32)cc1.CCc1ccccc1-c1cc(-c2ccc3c(c2)CC2Cc4cc(-c5ccc(C#N)cc5)ccc4N32)ccc1N. The molecular weight excluding hydrogens is 1000 g/mol. The largest absolute Gasteiger partial charge is 0.398 e. The Kier molecular flexibility index (Phi) is 12.1. The number of benzene rings is 11. The Bertz CT molecular complexity index is 4510. The van der Waals surface area contributed by atoms with Crippen molar-refractivity contribution in [2.24, 2.45) is 0 Å². The lowest BCUT2D eigenvalue weighted by atomic mass is 9.84. The summed E-state index contributed by atoms with van der Waals surface area (Å²) >= 11 is 0. The molecule has 5 aliphatic rings. The minimum Gasteiger partial charge on any atom is -0.398 e. The monoisotopic (exact) mass is 1070 g/mol. The molecule has 4 nitrogen and oxygen atoms in total. The Morgan fingerprint density at radius 2 is 0.964 bits per heavy atom. The molecule has 0 amide bonds. The van der Waals surface area contributed by atoms with E-state index in [4.69, 9.17) is 11.0 Å². The zero-order valence-corrected chi connectivity index (χ0v) is 47.8. The number of nitrogen functional groups attached to an aromatic ring is 1. The summed E-state index contributed by atoms with van der Waals surface area (Å²) in [4.78, 5) is 5.14. The third kappa shape index (κ3) is 8.64. The highest BCUT2D eigenvalue weighted by Crippen LogP contribution is 2.51. The van der Waals surface area contributed by atoms with E-state index in [2.05, 4.69) is 232 Å². The molecule has 0 saturated heterocycles. The fourth-order valence-corrected chi connectivity index (χ4v) is 14.6. The van der Waals surface area contributed by atoms with Gasteiger partial charge in [-0.15, -0.1) is 0 Å². The highest BCUT2D eigenvalue weighted by atomic mass is 15.2. The maximum Gasteiger partial charge on any atom is 0.0991 e. The van der Waals surface area contributed by atoms with E-state index in [1.807, 2.05) is 30.3 Å². The van der Waals surface area contributed by atoms with Crippen molar-refractivity contribution in [3.63, 3.8) is 0 Å². The summed E-state index contributed by atoms with van der Waals surface area (Å²) in [6, 6.07) is 79.2. The van der Waals surface area contributed by atoms with Crippen LogP contribution in [0.25, 0.3) is 83.3 Å². The van der Waals surface area contributed by atoms with Crippen LogP contribution in [0.3, 0.4) is 0 Å². The fourth-order valence-electron chi connectivity index (χ4n) is 14.6. The van der Waals surface area contributed by atoms with Gasteiger partial charge >= 0.3 is 0 Å². The van der Waals surface area contributed by atoms with Gasteiger partial charge in [0.1, 0.15) is 0 Å². The predicted octanol–water partition coefficient (Wildman–Crippen LogP) is 19.5. The van der Waals surface area contributed by atoms with E-state index in [0.717, 1.165) is 61.8 Å². The predicted molar refractivity (Wildman–Crippen MR) is 349 cm³/mol. The molecule has 0 radical (unpaired) electrons. The van der Waals surface area contributed by atoms with Crippen LogP contribution in [-0.4, -0.2) is 12.1 Å². The van der Waals surface area contributed by atoms with Crippen molar-refractivity contribution in [1.82, 2.24) is 0 Å². The number of hydrogen-bond donors (Lipinski definition) is 1. The molecule has 0 saturated carbocycles. The molecule has 4 heteroatoms. The smallest absolute Gasteiger partial charge is 0.0991 e. The summed E-state index contributed by atoms with van der Waals surface area (Å²) in [6.07, 6.45) is 12.2. The number of nitriles is 1. The summed E-state index contributed by atoms with van der Waals surface area (Å²) < 4.78 is 0. The fraction of sp³-hybridized carbons (Fsp3) is 0.177. The quantitative estimate of drug-likeness (QED) is 0.133. The summed E-state index contributed by atoms with van der Waals surface area (Å²) in [6.45, 7) is 9.02. The van der Waals surface area contributed by atoms with Gasteiger partial charge in [0, 0.05) is 46.1 Å². The third-order valence-electron chi connectivity index (χ3n) is 18.8. The molecule has 16 rings (SSSR count). The van der Waals surface area contributed by atoms with Gasteiger partial charge in [0.05, 0.1) is 11.6 Å². The Balaban J connectivity index is 0.000000143. The average molecular weight is 1070 g/mol. The number of rotatable bonds is 6. The van der Waals surface area contributed by atoms with Gasteiger partial charge in [0.25, 0.3) is 0 Å². The summed E-state index contributed by atoms with van der Waals surface area (Å²) in [7, 11) is 0. The van der Waals surface area contributed by atoms with Gasteiger partial charge in [-0.3, -0.25) is 0 Å². The lowest BCUT2D eigenvalue weighted by Gasteiger charge is -2.22. The highest BCUT2D eigenvalue weighted by molar-refractivity contribution is 6.18. The van der Waals surface area contributed by atoms with Crippen molar-refractivity contribution in [2.45, 2.75) is 90.1 Å². The number of allylic oxidation sites excluding steroid dienone is 1. The number of nitrogens with two attached hydrogens (primary N) is 1. The maximum atomic E-state index is 9.11. The molecule has 11 aromatic carbocycles. The second-order valence-corrected chi connectivity index (χ2v) is 24.7. The first kappa shape index (κ1) is 50.5. The Morgan fingerprint density at radius 1 is 0.482 bits per heavy atom. The van der Waals surface area contributed by atoms with Gasteiger partial charge in [-0.1, -0.05) is 173 Å².